The second-order valence-electron chi connectivity index (χ2n) is 4.69. The number of nitrogen functional groups attached to an aromatic ring is 1. The fourth-order valence-electron chi connectivity index (χ4n) is 2.33. The van der Waals surface area contributed by atoms with Crippen molar-refractivity contribution in [2.24, 2.45) is 0 Å². The van der Waals surface area contributed by atoms with E-state index in [4.69, 9.17) is 10.5 Å². The minimum absolute atomic E-state index is 0.612. The molecule has 0 saturated carbocycles. The summed E-state index contributed by atoms with van der Waals surface area (Å²) in [6.07, 6.45) is 2.33. The second-order valence-corrected chi connectivity index (χ2v) is 4.69. The third kappa shape index (κ3) is 3.91. The van der Waals surface area contributed by atoms with E-state index in [0.717, 1.165) is 18.0 Å². The largest absolute Gasteiger partial charge is 0.494 e. The number of nitrogens with two attached hydrogens (primary N) is 1. The van der Waals surface area contributed by atoms with Crippen LogP contribution in [0.5, 0.6) is 5.75 Å². The van der Waals surface area contributed by atoms with Gasteiger partial charge in [-0.15, -0.1) is 0 Å². The molecule has 0 bridgehead atoms. The topological polar surface area (TPSA) is 38.5 Å². The van der Waals surface area contributed by atoms with E-state index in [2.05, 4.69) is 25.8 Å². The van der Waals surface area contributed by atoms with E-state index >= 15 is 0 Å². The first-order valence-corrected chi connectivity index (χ1v) is 6.83. The Morgan fingerprint density at radius 3 is 2.44 bits per heavy atom. The number of rotatable bonds is 7. The van der Waals surface area contributed by atoms with Crippen molar-refractivity contribution in [3.63, 3.8) is 0 Å². The molecule has 0 amide bonds. The summed E-state index contributed by atoms with van der Waals surface area (Å²) in [7, 11) is 2.16. The van der Waals surface area contributed by atoms with Crippen molar-refractivity contribution in [3.8, 4) is 5.75 Å². The van der Waals surface area contributed by atoms with Gasteiger partial charge < -0.3 is 10.5 Å². The number of ether oxygens (including phenoxy) is 1. The van der Waals surface area contributed by atoms with Gasteiger partial charge in [0.2, 0.25) is 0 Å². The normalized spacial score (nSPS) is 11.2. The molecule has 3 heteroatoms. The predicted molar refractivity (Wildman–Crippen MR) is 77.9 cm³/mol. The van der Waals surface area contributed by atoms with Crippen molar-refractivity contribution in [1.82, 2.24) is 4.90 Å². The Balaban J connectivity index is 2.84. The fraction of sp³-hybridized carbons (Fsp3) is 0.600. The molecule has 102 valence electrons. The van der Waals surface area contributed by atoms with Crippen LogP contribution >= 0.6 is 0 Å². The summed E-state index contributed by atoms with van der Waals surface area (Å²) >= 11 is 0. The number of hydrogen-bond acceptors (Lipinski definition) is 3. The molecule has 0 atom stereocenters. The van der Waals surface area contributed by atoms with E-state index in [-0.39, 0.29) is 0 Å². The van der Waals surface area contributed by atoms with E-state index in [1.807, 2.05) is 25.1 Å². The van der Waals surface area contributed by atoms with Gasteiger partial charge >= 0.3 is 0 Å². The van der Waals surface area contributed by atoms with Crippen molar-refractivity contribution in [2.45, 2.75) is 46.2 Å². The zero-order valence-electron chi connectivity index (χ0n) is 12.1. The number of anilines is 1. The van der Waals surface area contributed by atoms with Gasteiger partial charge in [-0.1, -0.05) is 13.8 Å². The molecule has 0 aromatic heterocycles. The molecule has 0 aliphatic heterocycles. The molecular weight excluding hydrogens is 224 g/mol. The molecule has 1 rings (SSSR count). The SMILES string of the molecule is CCOc1ccc(N)cc1CN(C)C(CC)CC. The van der Waals surface area contributed by atoms with Crippen molar-refractivity contribution in [2.75, 3.05) is 19.4 Å². The van der Waals surface area contributed by atoms with Gasteiger partial charge in [0.25, 0.3) is 0 Å². The maximum Gasteiger partial charge on any atom is 0.123 e. The average molecular weight is 250 g/mol. The first-order chi connectivity index (χ1) is 8.62. The Morgan fingerprint density at radius 1 is 1.22 bits per heavy atom. The minimum Gasteiger partial charge on any atom is -0.494 e. The fourth-order valence-corrected chi connectivity index (χ4v) is 2.33. The van der Waals surface area contributed by atoms with Crippen LogP contribution in [0.25, 0.3) is 0 Å². The van der Waals surface area contributed by atoms with E-state index in [0.29, 0.717) is 12.6 Å². The van der Waals surface area contributed by atoms with Gasteiger partial charge in [0, 0.05) is 23.8 Å². The van der Waals surface area contributed by atoms with Crippen LogP contribution in [0.4, 0.5) is 5.69 Å². The van der Waals surface area contributed by atoms with Crippen LogP contribution in [0.2, 0.25) is 0 Å². The summed E-state index contributed by atoms with van der Waals surface area (Å²) in [4.78, 5) is 2.37. The Morgan fingerprint density at radius 2 is 1.89 bits per heavy atom. The lowest BCUT2D eigenvalue weighted by Crippen LogP contribution is -2.30. The molecule has 0 radical (unpaired) electrons. The van der Waals surface area contributed by atoms with E-state index in [9.17, 15) is 0 Å². The standard InChI is InChI=1S/C15H26N2O/c1-5-14(6-2)17(4)11-12-10-13(16)8-9-15(12)18-7-3/h8-10,14H,5-7,11,16H2,1-4H3. The highest BCUT2D eigenvalue weighted by Gasteiger charge is 2.13. The Labute approximate surface area is 111 Å². The molecule has 0 saturated heterocycles. The molecule has 3 nitrogen and oxygen atoms in total. The van der Waals surface area contributed by atoms with E-state index < -0.39 is 0 Å². The Hall–Kier alpha value is -1.22. The molecule has 1 aromatic carbocycles. The zero-order chi connectivity index (χ0) is 13.5. The molecule has 0 spiro atoms. The summed E-state index contributed by atoms with van der Waals surface area (Å²) in [5.41, 5.74) is 7.84. The molecule has 1 aromatic rings. The van der Waals surface area contributed by atoms with Gasteiger partial charge in [-0.3, -0.25) is 4.90 Å². The minimum atomic E-state index is 0.612. The summed E-state index contributed by atoms with van der Waals surface area (Å²) < 4.78 is 5.66. The first kappa shape index (κ1) is 14.8. The van der Waals surface area contributed by atoms with Crippen LogP contribution in [-0.4, -0.2) is 24.6 Å². The van der Waals surface area contributed by atoms with Crippen molar-refractivity contribution < 1.29 is 4.74 Å². The van der Waals surface area contributed by atoms with Gasteiger partial charge in [-0.2, -0.15) is 0 Å². The predicted octanol–water partition coefficient (Wildman–Crippen LogP) is 3.29. The smallest absolute Gasteiger partial charge is 0.123 e. The van der Waals surface area contributed by atoms with Crippen LogP contribution in [0.15, 0.2) is 18.2 Å². The number of hydrogen-bond donors (Lipinski definition) is 1. The number of benzene rings is 1. The maximum absolute atomic E-state index is 5.87. The molecule has 2 N–H and O–H groups in total. The lowest BCUT2D eigenvalue weighted by Gasteiger charge is -2.27. The quantitative estimate of drug-likeness (QED) is 0.755. The highest BCUT2D eigenvalue weighted by atomic mass is 16.5. The second kappa shape index (κ2) is 7.27. The van der Waals surface area contributed by atoms with Crippen LogP contribution in [0.3, 0.4) is 0 Å². The number of nitrogens with zero attached hydrogens (tertiary/aromatic N) is 1. The summed E-state index contributed by atoms with van der Waals surface area (Å²) in [6, 6.07) is 6.49. The Kier molecular flexibility index (Phi) is 5.99. The molecule has 0 unspecified atom stereocenters. The summed E-state index contributed by atoms with van der Waals surface area (Å²) in [5, 5.41) is 0. The molecule has 0 heterocycles. The third-order valence-corrected chi connectivity index (χ3v) is 3.37. The average Bonchev–Trinajstić information content (AvgIpc) is 2.34. The lowest BCUT2D eigenvalue weighted by atomic mass is 10.1. The van der Waals surface area contributed by atoms with Gasteiger partial charge in [0.05, 0.1) is 6.61 Å². The molecule has 0 aliphatic carbocycles. The van der Waals surface area contributed by atoms with Crippen LogP contribution in [0.1, 0.15) is 39.2 Å². The lowest BCUT2D eigenvalue weighted by molar-refractivity contribution is 0.217. The molecule has 18 heavy (non-hydrogen) atoms. The van der Waals surface area contributed by atoms with Crippen LogP contribution in [-0.2, 0) is 6.54 Å². The van der Waals surface area contributed by atoms with E-state index in [1.165, 1.54) is 18.4 Å². The van der Waals surface area contributed by atoms with Crippen LogP contribution < -0.4 is 10.5 Å². The van der Waals surface area contributed by atoms with Gasteiger partial charge in [0.15, 0.2) is 0 Å². The van der Waals surface area contributed by atoms with Gasteiger partial charge in [-0.05, 0) is 45.0 Å². The summed E-state index contributed by atoms with van der Waals surface area (Å²) in [5.74, 6) is 0.949. The third-order valence-electron chi connectivity index (χ3n) is 3.37. The van der Waals surface area contributed by atoms with Crippen molar-refractivity contribution in [3.05, 3.63) is 23.8 Å². The van der Waals surface area contributed by atoms with Gasteiger partial charge in [-0.25, -0.2) is 0 Å². The highest BCUT2D eigenvalue weighted by Crippen LogP contribution is 2.24. The van der Waals surface area contributed by atoms with Crippen molar-refractivity contribution >= 4 is 5.69 Å². The monoisotopic (exact) mass is 250 g/mol. The van der Waals surface area contributed by atoms with Crippen LogP contribution in [0, 0.1) is 0 Å². The zero-order valence-corrected chi connectivity index (χ0v) is 12.1. The van der Waals surface area contributed by atoms with Crippen molar-refractivity contribution in [1.29, 1.82) is 0 Å². The summed E-state index contributed by atoms with van der Waals surface area (Å²) in [6.45, 7) is 8.03. The molecule has 0 fully saturated rings. The molecule has 0 aliphatic rings. The van der Waals surface area contributed by atoms with E-state index in [1.54, 1.807) is 0 Å². The first-order valence-electron chi connectivity index (χ1n) is 6.83. The van der Waals surface area contributed by atoms with Gasteiger partial charge in [0.1, 0.15) is 5.75 Å². The highest BCUT2D eigenvalue weighted by molar-refractivity contribution is 5.47. The molecular formula is C15H26N2O. The Bertz CT molecular complexity index is 362. The maximum atomic E-state index is 5.87.